The van der Waals surface area contributed by atoms with Gasteiger partial charge in [-0.3, -0.25) is 0 Å². The molecule has 1 aromatic rings. The fraction of sp³-hybridized carbons (Fsp3) is 0.714. The molecule has 5 nitrogen and oxygen atoms in total. The summed E-state index contributed by atoms with van der Waals surface area (Å²) in [5.41, 5.74) is 0. The van der Waals surface area contributed by atoms with Crippen molar-refractivity contribution in [3.63, 3.8) is 0 Å². The number of aliphatic hydroxyl groups is 1. The molecule has 2 rings (SSSR count). The molecule has 20 heavy (non-hydrogen) atoms. The lowest BCUT2D eigenvalue weighted by molar-refractivity contribution is 0.195. The molecule has 112 valence electrons. The Morgan fingerprint density at radius 2 is 2.25 bits per heavy atom. The van der Waals surface area contributed by atoms with Crippen LogP contribution in [0.2, 0.25) is 0 Å². The molecule has 1 aliphatic heterocycles. The Morgan fingerprint density at radius 3 is 2.90 bits per heavy atom. The fourth-order valence-electron chi connectivity index (χ4n) is 2.38. The maximum atomic E-state index is 9.69. The number of hydrogen-bond acceptors (Lipinski definition) is 5. The lowest BCUT2D eigenvalue weighted by atomic mass is 9.97. The van der Waals surface area contributed by atoms with Crippen LogP contribution in [0.4, 0.5) is 0 Å². The molecule has 0 aliphatic carbocycles. The van der Waals surface area contributed by atoms with E-state index in [4.69, 9.17) is 0 Å². The zero-order valence-corrected chi connectivity index (χ0v) is 12.9. The number of aliphatic hydroxyl groups excluding tert-OH is 1. The Bertz CT molecular complexity index is 429. The van der Waals surface area contributed by atoms with E-state index in [-0.39, 0.29) is 6.10 Å². The minimum absolute atomic E-state index is 0.281. The van der Waals surface area contributed by atoms with E-state index in [0.717, 1.165) is 49.9 Å². The first-order chi connectivity index (χ1) is 9.76. The van der Waals surface area contributed by atoms with E-state index in [1.165, 1.54) is 0 Å². The first kappa shape index (κ1) is 15.5. The summed E-state index contributed by atoms with van der Waals surface area (Å²) in [5, 5.41) is 22.7. The molecule has 0 aromatic carbocycles. The van der Waals surface area contributed by atoms with Gasteiger partial charge in [0.05, 0.1) is 6.10 Å². The Labute approximate surface area is 124 Å². The lowest BCUT2D eigenvalue weighted by Gasteiger charge is -2.22. The van der Waals surface area contributed by atoms with Crippen molar-refractivity contribution in [1.29, 1.82) is 0 Å². The second kappa shape index (κ2) is 7.81. The molecule has 1 aromatic heterocycles. The molecular formula is C14H24N4OS. The molecule has 6 heteroatoms. The summed E-state index contributed by atoms with van der Waals surface area (Å²) in [6.45, 7) is 8.63. The van der Waals surface area contributed by atoms with E-state index < -0.39 is 0 Å². The normalized spacial score (nSPS) is 18.1. The van der Waals surface area contributed by atoms with Gasteiger partial charge < -0.3 is 15.0 Å². The summed E-state index contributed by atoms with van der Waals surface area (Å²) in [5.74, 6) is 2.21. The molecule has 1 unspecified atom stereocenters. The third kappa shape index (κ3) is 3.84. The highest BCUT2D eigenvalue weighted by atomic mass is 32.2. The molecule has 0 spiro atoms. The third-order valence-electron chi connectivity index (χ3n) is 3.64. The number of hydrogen-bond donors (Lipinski definition) is 2. The van der Waals surface area contributed by atoms with E-state index in [0.29, 0.717) is 11.7 Å². The molecular weight excluding hydrogens is 272 g/mol. The monoisotopic (exact) mass is 296 g/mol. The van der Waals surface area contributed by atoms with Crippen molar-refractivity contribution < 1.29 is 5.11 Å². The van der Waals surface area contributed by atoms with Gasteiger partial charge in [-0.05, 0) is 32.4 Å². The zero-order chi connectivity index (χ0) is 14.4. The van der Waals surface area contributed by atoms with Gasteiger partial charge in [-0.1, -0.05) is 24.8 Å². The number of nitrogens with one attached hydrogen (secondary N) is 1. The Hall–Kier alpha value is -0.850. The first-order valence-corrected chi connectivity index (χ1v) is 8.30. The third-order valence-corrected chi connectivity index (χ3v) is 4.75. The Kier molecular flexibility index (Phi) is 6.06. The zero-order valence-electron chi connectivity index (χ0n) is 12.1. The number of piperidine rings is 1. The van der Waals surface area contributed by atoms with Crippen LogP contribution >= 0.6 is 11.8 Å². The van der Waals surface area contributed by atoms with Gasteiger partial charge in [-0.25, -0.2) is 0 Å². The van der Waals surface area contributed by atoms with Crippen molar-refractivity contribution in [2.45, 2.75) is 49.9 Å². The number of allylic oxidation sites excluding steroid dienone is 1. The minimum atomic E-state index is -0.281. The van der Waals surface area contributed by atoms with Crippen LogP contribution in [0.3, 0.4) is 0 Å². The fourth-order valence-corrected chi connectivity index (χ4v) is 3.38. The summed E-state index contributed by atoms with van der Waals surface area (Å²) >= 11 is 1.58. The Morgan fingerprint density at radius 1 is 1.50 bits per heavy atom. The lowest BCUT2D eigenvalue weighted by Crippen LogP contribution is -2.28. The Balaban J connectivity index is 2.11. The van der Waals surface area contributed by atoms with Gasteiger partial charge in [0.15, 0.2) is 5.16 Å². The van der Waals surface area contributed by atoms with Crippen LogP contribution < -0.4 is 5.32 Å². The van der Waals surface area contributed by atoms with Crippen molar-refractivity contribution in [3.05, 3.63) is 18.5 Å². The smallest absolute Gasteiger partial charge is 0.191 e. The SMILES string of the molecule is C=CCn1c(SCC(O)CC)nnc1C1CCNCC1. The molecule has 1 fully saturated rings. The molecule has 0 saturated carbocycles. The summed E-state index contributed by atoms with van der Waals surface area (Å²) in [6.07, 6.45) is 4.59. The largest absolute Gasteiger partial charge is 0.392 e. The van der Waals surface area contributed by atoms with E-state index in [9.17, 15) is 5.11 Å². The highest BCUT2D eigenvalue weighted by Crippen LogP contribution is 2.27. The predicted octanol–water partition coefficient (Wildman–Crippen LogP) is 1.79. The predicted molar refractivity (Wildman–Crippen MR) is 82.1 cm³/mol. The number of aromatic nitrogens is 3. The van der Waals surface area contributed by atoms with Crippen LogP contribution in [-0.2, 0) is 6.54 Å². The highest BCUT2D eigenvalue weighted by molar-refractivity contribution is 7.99. The van der Waals surface area contributed by atoms with E-state index in [1.807, 2.05) is 13.0 Å². The second-order valence-corrected chi connectivity index (χ2v) is 6.12. The van der Waals surface area contributed by atoms with Crippen LogP contribution in [0.5, 0.6) is 0 Å². The molecule has 0 radical (unpaired) electrons. The average Bonchev–Trinajstić information content (AvgIpc) is 2.89. The highest BCUT2D eigenvalue weighted by Gasteiger charge is 2.23. The molecule has 1 saturated heterocycles. The average molecular weight is 296 g/mol. The minimum Gasteiger partial charge on any atom is -0.392 e. The van der Waals surface area contributed by atoms with Gasteiger partial charge in [0.1, 0.15) is 5.82 Å². The van der Waals surface area contributed by atoms with Crippen molar-refractivity contribution in [2.75, 3.05) is 18.8 Å². The standard InChI is InChI=1S/C14H24N4OS/c1-3-9-18-13(11-5-7-15-8-6-11)16-17-14(18)20-10-12(19)4-2/h3,11-12,15,19H,1,4-10H2,2H3. The maximum absolute atomic E-state index is 9.69. The van der Waals surface area contributed by atoms with Crippen molar-refractivity contribution >= 4 is 11.8 Å². The van der Waals surface area contributed by atoms with Gasteiger partial charge >= 0.3 is 0 Å². The molecule has 1 atom stereocenters. The van der Waals surface area contributed by atoms with Gasteiger partial charge in [0, 0.05) is 18.2 Å². The van der Waals surface area contributed by atoms with Crippen molar-refractivity contribution in [1.82, 2.24) is 20.1 Å². The van der Waals surface area contributed by atoms with Crippen LogP contribution in [0.15, 0.2) is 17.8 Å². The quantitative estimate of drug-likeness (QED) is 0.593. The topological polar surface area (TPSA) is 63.0 Å². The molecule has 2 N–H and O–H groups in total. The van der Waals surface area contributed by atoms with Gasteiger partial charge in [0.2, 0.25) is 0 Å². The summed E-state index contributed by atoms with van der Waals surface area (Å²) < 4.78 is 2.15. The van der Waals surface area contributed by atoms with Crippen LogP contribution in [0.25, 0.3) is 0 Å². The second-order valence-electron chi connectivity index (χ2n) is 5.14. The van der Waals surface area contributed by atoms with Gasteiger partial charge in [0.25, 0.3) is 0 Å². The number of thioether (sulfide) groups is 1. The maximum Gasteiger partial charge on any atom is 0.191 e. The number of rotatable bonds is 7. The van der Waals surface area contributed by atoms with E-state index in [1.54, 1.807) is 11.8 Å². The van der Waals surface area contributed by atoms with Gasteiger partial charge in [-0.15, -0.1) is 16.8 Å². The summed E-state index contributed by atoms with van der Waals surface area (Å²) in [4.78, 5) is 0. The van der Waals surface area contributed by atoms with Crippen LogP contribution in [0, 0.1) is 0 Å². The van der Waals surface area contributed by atoms with Crippen molar-refractivity contribution in [2.24, 2.45) is 0 Å². The first-order valence-electron chi connectivity index (χ1n) is 7.31. The van der Waals surface area contributed by atoms with Crippen LogP contribution in [0.1, 0.15) is 37.9 Å². The molecule has 0 amide bonds. The molecule has 1 aliphatic rings. The van der Waals surface area contributed by atoms with Crippen LogP contribution in [-0.4, -0.2) is 44.8 Å². The van der Waals surface area contributed by atoms with E-state index >= 15 is 0 Å². The molecule has 2 heterocycles. The van der Waals surface area contributed by atoms with Gasteiger partial charge in [-0.2, -0.15) is 0 Å². The number of nitrogens with zero attached hydrogens (tertiary/aromatic N) is 3. The van der Waals surface area contributed by atoms with Crippen molar-refractivity contribution in [3.8, 4) is 0 Å². The summed E-state index contributed by atoms with van der Waals surface area (Å²) in [6, 6.07) is 0. The molecule has 0 bridgehead atoms. The summed E-state index contributed by atoms with van der Waals surface area (Å²) in [7, 11) is 0. The van der Waals surface area contributed by atoms with E-state index in [2.05, 4.69) is 26.7 Å².